The van der Waals surface area contributed by atoms with E-state index in [9.17, 15) is 0 Å². The molecule has 0 unspecified atom stereocenters. The summed E-state index contributed by atoms with van der Waals surface area (Å²) < 4.78 is 9.31. The molecule has 0 saturated heterocycles. The van der Waals surface area contributed by atoms with Crippen LogP contribution in [-0.4, -0.2) is 19.5 Å². The summed E-state index contributed by atoms with van der Waals surface area (Å²) in [5.74, 6) is 1.72. The highest BCUT2D eigenvalue weighted by Crippen LogP contribution is 2.44. The fraction of sp³-hybridized carbons (Fsp3) is 0. The van der Waals surface area contributed by atoms with Crippen LogP contribution in [0.25, 0.3) is 127 Å². The van der Waals surface area contributed by atoms with Gasteiger partial charge in [0.25, 0.3) is 0 Å². The van der Waals surface area contributed by atoms with Gasteiger partial charge < -0.3 is 8.98 Å². The number of aromatic nitrogens is 4. The van der Waals surface area contributed by atoms with Crippen molar-refractivity contribution in [2.24, 2.45) is 0 Å². The molecular formula is C55H32N4O. The van der Waals surface area contributed by atoms with Crippen molar-refractivity contribution in [3.05, 3.63) is 194 Å². The Kier molecular flexibility index (Phi) is 6.95. The Morgan fingerprint density at radius 2 is 0.933 bits per heavy atom. The fourth-order valence-corrected chi connectivity index (χ4v) is 9.48. The van der Waals surface area contributed by atoms with Crippen LogP contribution in [0, 0.1) is 0 Å². The van der Waals surface area contributed by atoms with E-state index in [2.05, 4.69) is 187 Å². The molecule has 3 aromatic heterocycles. The highest BCUT2D eigenvalue weighted by Gasteiger charge is 2.25. The number of benzene rings is 10. The van der Waals surface area contributed by atoms with Crippen LogP contribution in [0.2, 0.25) is 0 Å². The Labute approximate surface area is 343 Å². The third kappa shape index (κ3) is 4.84. The van der Waals surface area contributed by atoms with Gasteiger partial charge in [-0.3, -0.25) is 0 Å². The van der Waals surface area contributed by atoms with Crippen LogP contribution in [0.5, 0.6) is 0 Å². The molecule has 13 aromatic rings. The smallest absolute Gasteiger partial charge is 0.170 e. The van der Waals surface area contributed by atoms with Crippen LogP contribution in [-0.2, 0) is 0 Å². The quantitative estimate of drug-likeness (QED) is 0.167. The zero-order valence-corrected chi connectivity index (χ0v) is 32.2. The Bertz CT molecular complexity index is 3910. The summed E-state index contributed by atoms with van der Waals surface area (Å²) in [6.07, 6.45) is 0. The Balaban J connectivity index is 1.20. The van der Waals surface area contributed by atoms with Gasteiger partial charge in [0.2, 0.25) is 0 Å². The molecule has 3 heterocycles. The van der Waals surface area contributed by atoms with Crippen molar-refractivity contribution < 1.29 is 4.42 Å². The van der Waals surface area contributed by atoms with Crippen LogP contribution in [0.1, 0.15) is 0 Å². The van der Waals surface area contributed by atoms with Crippen LogP contribution in [0.4, 0.5) is 0 Å². The predicted molar refractivity (Wildman–Crippen MR) is 248 cm³/mol. The van der Waals surface area contributed by atoms with E-state index < -0.39 is 0 Å². The van der Waals surface area contributed by atoms with Crippen molar-refractivity contribution in [2.75, 3.05) is 0 Å². The maximum absolute atomic E-state index is 6.95. The van der Waals surface area contributed by atoms with Gasteiger partial charge in [-0.05, 0) is 85.6 Å². The molecule has 0 amide bonds. The van der Waals surface area contributed by atoms with Crippen LogP contribution >= 0.6 is 0 Å². The molecule has 10 aromatic carbocycles. The second kappa shape index (κ2) is 12.7. The summed E-state index contributed by atoms with van der Waals surface area (Å²) >= 11 is 0. The van der Waals surface area contributed by atoms with E-state index in [4.69, 9.17) is 19.4 Å². The second-order valence-electron chi connectivity index (χ2n) is 15.5. The molecule has 0 atom stereocenters. The molecule has 0 aliphatic carbocycles. The lowest BCUT2D eigenvalue weighted by Crippen LogP contribution is -2.04. The molecule has 0 aliphatic heterocycles. The summed E-state index contributed by atoms with van der Waals surface area (Å²) in [5, 5.41) is 13.5. The van der Waals surface area contributed by atoms with Gasteiger partial charge in [-0.2, -0.15) is 0 Å². The van der Waals surface area contributed by atoms with Crippen molar-refractivity contribution in [1.82, 2.24) is 19.5 Å². The average molecular weight is 765 g/mol. The van der Waals surface area contributed by atoms with E-state index in [1.807, 2.05) is 12.1 Å². The van der Waals surface area contributed by atoms with Crippen molar-refractivity contribution in [3.8, 4) is 39.9 Å². The first-order valence-electron chi connectivity index (χ1n) is 20.3. The van der Waals surface area contributed by atoms with E-state index >= 15 is 0 Å². The fourth-order valence-electron chi connectivity index (χ4n) is 9.48. The highest BCUT2D eigenvalue weighted by molar-refractivity contribution is 6.17. The van der Waals surface area contributed by atoms with Crippen LogP contribution in [0.15, 0.2) is 199 Å². The SMILES string of the molecule is c1ccc2cc3c(cc2c1)c1ccccc1n3-c1ccc2c(oc3ccccc32)c1-c1nc(-c2cccc3ccccc23)nc(-c2cc3ccccc3c3ccccc23)n1. The zero-order valence-electron chi connectivity index (χ0n) is 32.2. The van der Waals surface area contributed by atoms with Crippen LogP contribution in [0.3, 0.4) is 0 Å². The van der Waals surface area contributed by atoms with Crippen molar-refractivity contribution >= 4 is 86.8 Å². The number of furan rings is 1. The molecule has 278 valence electrons. The molecule has 0 fully saturated rings. The number of fused-ring (bicyclic) bond motifs is 11. The molecule has 13 rings (SSSR count). The molecule has 0 bridgehead atoms. The van der Waals surface area contributed by atoms with E-state index in [1.165, 1.54) is 26.9 Å². The number of para-hydroxylation sites is 2. The molecule has 5 nitrogen and oxygen atoms in total. The Morgan fingerprint density at radius 3 is 1.77 bits per heavy atom. The van der Waals surface area contributed by atoms with Crippen LogP contribution < -0.4 is 0 Å². The van der Waals surface area contributed by atoms with Gasteiger partial charge in [-0.1, -0.05) is 152 Å². The highest BCUT2D eigenvalue weighted by atomic mass is 16.3. The summed E-state index contributed by atoms with van der Waals surface area (Å²) in [6, 6.07) is 68.6. The number of hydrogen-bond donors (Lipinski definition) is 0. The lowest BCUT2D eigenvalue weighted by Gasteiger charge is -2.16. The minimum absolute atomic E-state index is 0.534. The maximum atomic E-state index is 6.95. The number of rotatable bonds is 4. The maximum Gasteiger partial charge on any atom is 0.170 e. The van der Waals surface area contributed by atoms with Gasteiger partial charge in [0.15, 0.2) is 17.5 Å². The van der Waals surface area contributed by atoms with Gasteiger partial charge in [-0.15, -0.1) is 0 Å². The number of hydrogen-bond acceptors (Lipinski definition) is 4. The van der Waals surface area contributed by atoms with Gasteiger partial charge in [0.05, 0.1) is 22.3 Å². The van der Waals surface area contributed by atoms with E-state index in [0.29, 0.717) is 17.5 Å². The third-order valence-electron chi connectivity index (χ3n) is 12.2. The predicted octanol–water partition coefficient (Wildman–Crippen LogP) is 14.5. The minimum atomic E-state index is 0.534. The summed E-state index contributed by atoms with van der Waals surface area (Å²) in [6.45, 7) is 0. The first-order valence-corrected chi connectivity index (χ1v) is 20.3. The lowest BCUT2D eigenvalue weighted by atomic mass is 9.96. The Morgan fingerprint density at radius 1 is 0.333 bits per heavy atom. The van der Waals surface area contributed by atoms with Crippen molar-refractivity contribution in [3.63, 3.8) is 0 Å². The summed E-state index contributed by atoms with van der Waals surface area (Å²) in [5.41, 5.74) is 7.32. The molecule has 0 N–H and O–H groups in total. The third-order valence-corrected chi connectivity index (χ3v) is 12.2. The molecule has 0 aliphatic rings. The van der Waals surface area contributed by atoms with E-state index in [-0.39, 0.29) is 0 Å². The normalized spacial score (nSPS) is 12.0. The van der Waals surface area contributed by atoms with Gasteiger partial charge in [-0.25, -0.2) is 15.0 Å². The standard InChI is InChI=1S/C55H32N4O/c1-2-16-35-32-49-45(30-34(35)15-1)41-23-9-11-26-47(41)59(49)48-29-28-43-42-24-10-12-27-50(42)60-52(43)51(48)55-57-53(44-25-13-18-33-14-3-5-19-37(33)44)56-54(58-55)46-31-36-17-4-6-20-38(36)39-21-7-8-22-40(39)46/h1-32H. The summed E-state index contributed by atoms with van der Waals surface area (Å²) in [4.78, 5) is 16.4. The van der Waals surface area contributed by atoms with E-state index in [0.717, 1.165) is 82.3 Å². The second-order valence-corrected chi connectivity index (χ2v) is 15.5. The number of nitrogens with zero attached hydrogens (tertiary/aromatic N) is 4. The monoisotopic (exact) mass is 764 g/mol. The minimum Gasteiger partial charge on any atom is -0.455 e. The molecule has 0 radical (unpaired) electrons. The first kappa shape index (κ1) is 32.9. The topological polar surface area (TPSA) is 56.7 Å². The zero-order chi connectivity index (χ0) is 39.3. The molecule has 0 spiro atoms. The van der Waals surface area contributed by atoms with Gasteiger partial charge in [0, 0.05) is 32.7 Å². The van der Waals surface area contributed by atoms with Crippen molar-refractivity contribution in [2.45, 2.75) is 0 Å². The molecule has 0 saturated carbocycles. The van der Waals surface area contributed by atoms with Gasteiger partial charge in [0.1, 0.15) is 11.2 Å². The van der Waals surface area contributed by atoms with Crippen molar-refractivity contribution in [1.29, 1.82) is 0 Å². The van der Waals surface area contributed by atoms with Gasteiger partial charge >= 0.3 is 0 Å². The largest absolute Gasteiger partial charge is 0.455 e. The Hall–Kier alpha value is -8.15. The molecule has 5 heteroatoms. The average Bonchev–Trinajstić information content (AvgIpc) is 3.85. The first-order chi connectivity index (χ1) is 29.7. The van der Waals surface area contributed by atoms with E-state index in [1.54, 1.807) is 0 Å². The lowest BCUT2D eigenvalue weighted by molar-refractivity contribution is 0.669. The molecule has 60 heavy (non-hydrogen) atoms. The summed E-state index contributed by atoms with van der Waals surface area (Å²) in [7, 11) is 0. The molecular weight excluding hydrogens is 733 g/mol.